The topological polar surface area (TPSA) is 178 Å². The van der Waals surface area contributed by atoms with Crippen molar-refractivity contribution in [2.75, 3.05) is 47.4 Å². The molecule has 11 atom stereocenters. The number of methoxy groups -OCH3 is 2. The molecule has 288 valence electrons. The maximum Gasteiger partial charge on any atom is 0.358 e. The van der Waals surface area contributed by atoms with E-state index in [1.807, 2.05) is 19.9 Å². The number of esters is 1. The van der Waals surface area contributed by atoms with Crippen molar-refractivity contribution in [3.05, 3.63) is 41.0 Å². The van der Waals surface area contributed by atoms with Crippen molar-refractivity contribution in [2.45, 2.75) is 81.7 Å². The van der Waals surface area contributed by atoms with Gasteiger partial charge in [-0.05, 0) is 61.7 Å². The summed E-state index contributed by atoms with van der Waals surface area (Å²) in [6, 6.07) is 7.11. The fraction of sp³-hybridized carbons (Fsp3) is 0.611. The predicted octanol–water partition coefficient (Wildman–Crippen LogP) is 2.46. The van der Waals surface area contributed by atoms with Crippen LogP contribution in [0, 0.1) is 11.8 Å². The van der Waals surface area contributed by atoms with Gasteiger partial charge in [-0.15, -0.1) is 0 Å². The van der Waals surface area contributed by atoms with Crippen LogP contribution in [-0.4, -0.2) is 118 Å². The Labute approximate surface area is 310 Å². The number of aliphatic hydroxyl groups excluding tert-OH is 2. The zero-order chi connectivity index (χ0) is 37.2. The number of rotatable bonds is 8. The van der Waals surface area contributed by atoms with Crippen LogP contribution in [0.25, 0.3) is 0 Å². The second kappa shape index (κ2) is 14.3. The number of ether oxygens (including phenoxy) is 13. The SMILES string of the molecule is COc1cc([C@@H]2c3cc4c(cc3C(OC3OC5COC(C)OC5C(O)C3O)C3COC(=O)C32)OCO4)cc(OC)c1OC(=S)OCC1COC(C)(C)O1. The zero-order valence-electron chi connectivity index (χ0n) is 29.7. The van der Waals surface area contributed by atoms with Gasteiger partial charge in [-0.3, -0.25) is 4.79 Å². The maximum atomic E-state index is 13.7. The summed E-state index contributed by atoms with van der Waals surface area (Å²) in [5.41, 5.74) is 1.98. The fourth-order valence-electron chi connectivity index (χ4n) is 7.94. The molecular weight excluding hydrogens is 720 g/mol. The van der Waals surface area contributed by atoms with Gasteiger partial charge in [0, 0.05) is 24.1 Å². The molecule has 0 amide bonds. The van der Waals surface area contributed by atoms with E-state index in [2.05, 4.69) is 0 Å². The van der Waals surface area contributed by atoms with E-state index in [4.69, 9.17) is 73.8 Å². The fourth-order valence-corrected chi connectivity index (χ4v) is 8.09. The average Bonchev–Trinajstić information content (AvgIpc) is 3.86. The number of thiocarbonyl (C=S) groups is 1. The first-order valence-electron chi connectivity index (χ1n) is 17.4. The van der Waals surface area contributed by atoms with E-state index in [-0.39, 0.29) is 55.2 Å². The van der Waals surface area contributed by atoms with E-state index in [1.54, 1.807) is 25.1 Å². The Balaban J connectivity index is 1.12. The highest BCUT2D eigenvalue weighted by Gasteiger charge is 2.56. The lowest BCUT2D eigenvalue weighted by atomic mass is 9.66. The molecule has 0 saturated carbocycles. The molecule has 16 nitrogen and oxygen atoms in total. The van der Waals surface area contributed by atoms with Gasteiger partial charge in [-0.2, -0.15) is 0 Å². The van der Waals surface area contributed by atoms with Crippen molar-refractivity contribution in [2.24, 2.45) is 11.8 Å². The van der Waals surface area contributed by atoms with E-state index in [9.17, 15) is 15.0 Å². The Morgan fingerprint density at radius 3 is 2.34 bits per heavy atom. The summed E-state index contributed by atoms with van der Waals surface area (Å²) in [5, 5.41) is 22.1. The van der Waals surface area contributed by atoms with Crippen molar-refractivity contribution < 1.29 is 76.6 Å². The molecule has 2 aromatic rings. The molecule has 6 aliphatic rings. The summed E-state index contributed by atoms with van der Waals surface area (Å²) in [5.74, 6) is -1.42. The molecule has 0 aromatic heterocycles. The third kappa shape index (κ3) is 6.76. The van der Waals surface area contributed by atoms with Crippen LogP contribution in [0.2, 0.25) is 0 Å². The standard InChI is InChI=1S/C36H42O16S/c1-15-42-13-25-32(48-15)28(37)29(38)34(49-25)50-30-19-9-22-21(45-14-46-22)8-18(19)26(27-20(30)12-43-33(27)39)16-6-23(40-4)31(24(7-16)41-5)51-35(53)44-10-17-11-47-36(2,3)52-17/h6-9,15,17,20,25-30,32,34,37-38H,10-14H2,1-5H3/t15?,17?,20?,25?,26-,27?,28?,29?,30?,32?,34?/m1/s1. The summed E-state index contributed by atoms with van der Waals surface area (Å²) >= 11 is 5.40. The molecular formula is C36H42O16S. The highest BCUT2D eigenvalue weighted by Crippen LogP contribution is 2.57. The molecule has 2 aromatic carbocycles. The number of aliphatic hydroxyl groups is 2. The average molecular weight is 763 g/mol. The summed E-state index contributed by atoms with van der Waals surface area (Å²) in [7, 11) is 2.95. The molecule has 5 aliphatic heterocycles. The number of carbonyl (C=O) groups excluding carboxylic acids is 1. The van der Waals surface area contributed by atoms with Gasteiger partial charge >= 0.3 is 11.2 Å². The van der Waals surface area contributed by atoms with E-state index in [0.717, 1.165) is 0 Å². The van der Waals surface area contributed by atoms with E-state index >= 15 is 0 Å². The van der Waals surface area contributed by atoms with Crippen LogP contribution in [-0.2, 0) is 42.7 Å². The van der Waals surface area contributed by atoms with Crippen LogP contribution in [0.5, 0.6) is 28.7 Å². The molecule has 17 heteroatoms. The lowest BCUT2D eigenvalue weighted by Gasteiger charge is -2.47. The van der Waals surface area contributed by atoms with Crippen LogP contribution < -0.4 is 23.7 Å². The van der Waals surface area contributed by atoms with E-state index in [1.165, 1.54) is 14.2 Å². The monoisotopic (exact) mass is 762 g/mol. The van der Waals surface area contributed by atoms with Crippen molar-refractivity contribution in [3.8, 4) is 28.7 Å². The molecule has 1 aliphatic carbocycles. The first kappa shape index (κ1) is 36.5. The number of cyclic esters (lactones) is 1. The Bertz CT molecular complexity index is 1710. The summed E-state index contributed by atoms with van der Waals surface area (Å²) in [6.07, 6.45) is -7.31. The zero-order valence-corrected chi connectivity index (χ0v) is 30.5. The summed E-state index contributed by atoms with van der Waals surface area (Å²) in [4.78, 5) is 13.7. The summed E-state index contributed by atoms with van der Waals surface area (Å²) < 4.78 is 75.8. The minimum absolute atomic E-state index is 0.00870. The Kier molecular flexibility index (Phi) is 9.82. The molecule has 5 heterocycles. The Morgan fingerprint density at radius 2 is 1.66 bits per heavy atom. The Morgan fingerprint density at radius 1 is 0.943 bits per heavy atom. The van der Waals surface area contributed by atoms with Crippen LogP contribution >= 0.6 is 12.2 Å². The molecule has 2 N–H and O–H groups in total. The minimum Gasteiger partial charge on any atom is -0.493 e. The second-order valence-electron chi connectivity index (χ2n) is 14.1. The van der Waals surface area contributed by atoms with E-state index in [0.29, 0.717) is 34.8 Å². The number of fused-ring (bicyclic) bond motifs is 4. The highest BCUT2D eigenvalue weighted by molar-refractivity contribution is 7.79. The van der Waals surface area contributed by atoms with Crippen molar-refractivity contribution in [1.82, 2.24) is 0 Å². The van der Waals surface area contributed by atoms with Crippen LogP contribution in [0.4, 0.5) is 0 Å². The van der Waals surface area contributed by atoms with Crippen LogP contribution in [0.1, 0.15) is 49.5 Å². The second-order valence-corrected chi connectivity index (χ2v) is 14.4. The molecule has 8 rings (SSSR count). The maximum absolute atomic E-state index is 13.7. The number of benzene rings is 2. The quantitative estimate of drug-likeness (QED) is 0.296. The summed E-state index contributed by atoms with van der Waals surface area (Å²) in [6.45, 7) is 5.95. The van der Waals surface area contributed by atoms with Crippen molar-refractivity contribution >= 4 is 23.4 Å². The van der Waals surface area contributed by atoms with Gasteiger partial charge < -0.3 is 71.8 Å². The highest BCUT2D eigenvalue weighted by atomic mass is 32.1. The van der Waals surface area contributed by atoms with Gasteiger partial charge in [-0.25, -0.2) is 0 Å². The van der Waals surface area contributed by atoms with Gasteiger partial charge in [0.05, 0.1) is 46.1 Å². The van der Waals surface area contributed by atoms with Gasteiger partial charge in [0.25, 0.3) is 0 Å². The number of hydrogen-bond acceptors (Lipinski definition) is 17. The van der Waals surface area contributed by atoms with Gasteiger partial charge in [-0.1, -0.05) is 0 Å². The Hall–Kier alpha value is -3.52. The lowest BCUT2D eigenvalue weighted by Crippen LogP contribution is -2.63. The normalized spacial score (nSPS) is 35.1. The number of carbonyl (C=O) groups is 1. The molecule has 0 bridgehead atoms. The lowest BCUT2D eigenvalue weighted by molar-refractivity contribution is -0.364. The van der Waals surface area contributed by atoms with Crippen molar-refractivity contribution in [1.29, 1.82) is 0 Å². The first-order valence-corrected chi connectivity index (χ1v) is 17.8. The van der Waals surface area contributed by atoms with Gasteiger partial charge in [0.15, 0.2) is 41.4 Å². The van der Waals surface area contributed by atoms with Gasteiger partial charge in [0.1, 0.15) is 37.1 Å². The number of hydrogen-bond donors (Lipinski definition) is 2. The van der Waals surface area contributed by atoms with Crippen LogP contribution in [0.3, 0.4) is 0 Å². The molecule has 4 saturated heterocycles. The minimum atomic E-state index is -1.46. The largest absolute Gasteiger partial charge is 0.493 e. The third-order valence-electron chi connectivity index (χ3n) is 10.4. The predicted molar refractivity (Wildman–Crippen MR) is 181 cm³/mol. The first-order chi connectivity index (χ1) is 25.4. The molecule has 4 fully saturated rings. The van der Waals surface area contributed by atoms with Gasteiger partial charge in [0.2, 0.25) is 12.5 Å². The molecule has 10 unspecified atom stereocenters. The van der Waals surface area contributed by atoms with Crippen LogP contribution in [0.15, 0.2) is 24.3 Å². The smallest absolute Gasteiger partial charge is 0.358 e. The van der Waals surface area contributed by atoms with Crippen molar-refractivity contribution in [3.63, 3.8) is 0 Å². The molecule has 0 radical (unpaired) electrons. The molecule has 0 spiro atoms. The van der Waals surface area contributed by atoms with E-state index < -0.39 is 72.6 Å². The third-order valence-corrected chi connectivity index (χ3v) is 10.6. The molecule has 53 heavy (non-hydrogen) atoms.